The lowest BCUT2D eigenvalue weighted by Gasteiger charge is -2.06. The first-order chi connectivity index (χ1) is 7.95. The monoisotopic (exact) mass is 296 g/mol. The summed E-state index contributed by atoms with van der Waals surface area (Å²) >= 11 is 8.07. The first-order valence-electron chi connectivity index (χ1n) is 4.28. The molecule has 2 heterocycles. The Kier molecular flexibility index (Phi) is 3.60. The fourth-order valence-electron chi connectivity index (χ4n) is 1.00. The van der Waals surface area contributed by atoms with E-state index < -0.39 is 12.0 Å². The zero-order valence-corrected chi connectivity index (χ0v) is 10.4. The second-order valence-corrected chi connectivity index (χ2v) is 5.54. The molecule has 0 unspecified atom stereocenters. The predicted octanol–water partition coefficient (Wildman–Crippen LogP) is 4.36. The zero-order valence-electron chi connectivity index (χ0n) is 8.03. The van der Waals surface area contributed by atoms with Gasteiger partial charge in [-0.05, 0) is 11.4 Å². The van der Waals surface area contributed by atoms with Crippen molar-refractivity contribution in [1.82, 2.24) is 9.97 Å². The van der Waals surface area contributed by atoms with Crippen LogP contribution < -0.4 is 0 Å². The minimum atomic E-state index is -4.59. The molecule has 90 valence electrons. The first kappa shape index (κ1) is 12.7. The van der Waals surface area contributed by atoms with Gasteiger partial charge < -0.3 is 0 Å². The summed E-state index contributed by atoms with van der Waals surface area (Å²) in [5.41, 5.74) is 0. The maximum Gasteiger partial charge on any atom is 0.451 e. The van der Waals surface area contributed by atoms with Gasteiger partial charge in [0.25, 0.3) is 0 Å². The number of aromatic nitrogens is 2. The highest BCUT2D eigenvalue weighted by atomic mass is 35.5. The zero-order chi connectivity index (χ0) is 12.5. The van der Waals surface area contributed by atoms with Crippen molar-refractivity contribution in [2.75, 3.05) is 0 Å². The second kappa shape index (κ2) is 4.83. The third-order valence-corrected chi connectivity index (χ3v) is 3.77. The van der Waals surface area contributed by atoms with E-state index in [0.717, 1.165) is 16.0 Å². The van der Waals surface area contributed by atoms with Gasteiger partial charge in [0.05, 0.1) is 4.21 Å². The number of halogens is 4. The third-order valence-electron chi connectivity index (χ3n) is 1.63. The third kappa shape index (κ3) is 3.34. The Balaban J connectivity index is 2.32. The van der Waals surface area contributed by atoms with Crippen molar-refractivity contribution in [3.63, 3.8) is 0 Å². The smallest absolute Gasteiger partial charge is 0.217 e. The van der Waals surface area contributed by atoms with E-state index in [1.54, 1.807) is 12.1 Å². The minimum Gasteiger partial charge on any atom is -0.217 e. The average molecular weight is 297 g/mol. The van der Waals surface area contributed by atoms with E-state index in [2.05, 4.69) is 9.97 Å². The van der Waals surface area contributed by atoms with Crippen LogP contribution in [-0.4, -0.2) is 9.97 Å². The molecule has 0 saturated carbocycles. The SMILES string of the molecule is FC(F)(F)c1nc(Cl)cc(Sc2cccs2)n1. The maximum atomic E-state index is 12.4. The van der Waals surface area contributed by atoms with E-state index in [1.807, 2.05) is 5.38 Å². The lowest BCUT2D eigenvalue weighted by Crippen LogP contribution is -2.11. The first-order valence-corrected chi connectivity index (χ1v) is 6.36. The van der Waals surface area contributed by atoms with Crippen LogP contribution in [0.1, 0.15) is 5.82 Å². The van der Waals surface area contributed by atoms with Gasteiger partial charge >= 0.3 is 6.18 Å². The number of rotatable bonds is 2. The summed E-state index contributed by atoms with van der Waals surface area (Å²) in [5.74, 6) is -1.22. The van der Waals surface area contributed by atoms with Crippen molar-refractivity contribution >= 4 is 34.7 Å². The minimum absolute atomic E-state index is 0.180. The molecule has 0 spiro atoms. The molecular formula is C9H4ClF3N2S2. The summed E-state index contributed by atoms with van der Waals surface area (Å²) in [4.78, 5) is 6.58. The molecule has 0 aromatic carbocycles. The molecule has 0 atom stereocenters. The van der Waals surface area contributed by atoms with Gasteiger partial charge in [0, 0.05) is 6.07 Å². The quantitative estimate of drug-likeness (QED) is 0.770. The van der Waals surface area contributed by atoms with E-state index in [9.17, 15) is 13.2 Å². The van der Waals surface area contributed by atoms with Crippen molar-refractivity contribution in [3.05, 3.63) is 34.6 Å². The van der Waals surface area contributed by atoms with Crippen molar-refractivity contribution in [2.24, 2.45) is 0 Å². The molecule has 0 radical (unpaired) electrons. The lowest BCUT2D eigenvalue weighted by atomic mass is 10.5. The number of hydrogen-bond donors (Lipinski definition) is 0. The summed E-state index contributed by atoms with van der Waals surface area (Å²) in [7, 11) is 0. The molecule has 0 saturated heterocycles. The van der Waals surface area contributed by atoms with Crippen LogP contribution in [0.4, 0.5) is 13.2 Å². The Labute approximate surface area is 108 Å². The fraction of sp³-hybridized carbons (Fsp3) is 0.111. The molecule has 0 N–H and O–H groups in total. The van der Waals surface area contributed by atoms with E-state index in [1.165, 1.54) is 17.4 Å². The Morgan fingerprint density at radius 3 is 2.65 bits per heavy atom. The maximum absolute atomic E-state index is 12.4. The predicted molar refractivity (Wildman–Crippen MR) is 60.5 cm³/mol. The fourth-order valence-corrected chi connectivity index (χ4v) is 2.97. The van der Waals surface area contributed by atoms with Crippen LogP contribution in [0.25, 0.3) is 0 Å². The molecule has 0 fully saturated rings. The summed E-state index contributed by atoms with van der Waals surface area (Å²) in [6, 6.07) is 4.90. The molecule has 8 heteroatoms. The molecule has 0 aliphatic heterocycles. The molecule has 2 nitrogen and oxygen atoms in total. The topological polar surface area (TPSA) is 25.8 Å². The van der Waals surface area contributed by atoms with Crippen molar-refractivity contribution in [2.45, 2.75) is 15.4 Å². The molecule has 2 aromatic heterocycles. The van der Waals surface area contributed by atoms with Gasteiger partial charge in [0.15, 0.2) is 0 Å². The standard InChI is InChI=1S/C9H4ClF3N2S2/c10-5-4-6(17-7-2-1-3-16-7)15-8(14-5)9(11,12)13/h1-4H. The van der Waals surface area contributed by atoms with Crippen molar-refractivity contribution in [1.29, 1.82) is 0 Å². The molecule has 0 bridgehead atoms. The van der Waals surface area contributed by atoms with Crippen molar-refractivity contribution in [3.8, 4) is 0 Å². The number of nitrogens with zero attached hydrogens (tertiary/aromatic N) is 2. The molecule has 0 amide bonds. The van der Waals surface area contributed by atoms with E-state index >= 15 is 0 Å². The van der Waals surface area contributed by atoms with E-state index in [0.29, 0.717) is 0 Å². The largest absolute Gasteiger partial charge is 0.451 e. The normalized spacial score (nSPS) is 11.8. The molecule has 0 aliphatic rings. The molecular weight excluding hydrogens is 293 g/mol. The van der Waals surface area contributed by atoms with Crippen LogP contribution in [0.5, 0.6) is 0 Å². The van der Waals surface area contributed by atoms with Crippen LogP contribution in [-0.2, 0) is 6.18 Å². The summed E-state index contributed by atoms with van der Waals surface area (Å²) in [6.07, 6.45) is -4.59. The summed E-state index contributed by atoms with van der Waals surface area (Å²) < 4.78 is 38.1. The Hall–Kier alpha value is -0.790. The molecule has 2 aromatic rings. The highest BCUT2D eigenvalue weighted by Gasteiger charge is 2.35. The lowest BCUT2D eigenvalue weighted by molar-refractivity contribution is -0.145. The van der Waals surface area contributed by atoms with Gasteiger partial charge in [-0.2, -0.15) is 13.2 Å². The van der Waals surface area contributed by atoms with Gasteiger partial charge in [-0.3, -0.25) is 0 Å². The van der Waals surface area contributed by atoms with Crippen LogP contribution in [0.3, 0.4) is 0 Å². The highest BCUT2D eigenvalue weighted by molar-refractivity contribution is 8.01. The number of hydrogen-bond acceptors (Lipinski definition) is 4. The Bertz CT molecular complexity index is 513. The van der Waals surface area contributed by atoms with Crippen LogP contribution in [0.15, 0.2) is 32.8 Å². The second-order valence-electron chi connectivity index (χ2n) is 2.88. The van der Waals surface area contributed by atoms with Crippen LogP contribution in [0.2, 0.25) is 5.15 Å². The van der Waals surface area contributed by atoms with Crippen LogP contribution in [0, 0.1) is 0 Å². The summed E-state index contributed by atoms with van der Waals surface area (Å²) in [6.45, 7) is 0. The molecule has 17 heavy (non-hydrogen) atoms. The van der Waals surface area contributed by atoms with Crippen LogP contribution >= 0.6 is 34.7 Å². The summed E-state index contributed by atoms with van der Waals surface area (Å²) in [5, 5.41) is 1.79. The van der Waals surface area contributed by atoms with Gasteiger partial charge in [-0.15, -0.1) is 11.3 Å². The average Bonchev–Trinajstić information content (AvgIpc) is 2.68. The molecule has 0 aliphatic carbocycles. The van der Waals surface area contributed by atoms with E-state index in [-0.39, 0.29) is 10.2 Å². The van der Waals surface area contributed by atoms with Gasteiger partial charge in [-0.1, -0.05) is 29.4 Å². The van der Waals surface area contributed by atoms with Gasteiger partial charge in [0.2, 0.25) is 5.82 Å². The van der Waals surface area contributed by atoms with E-state index in [4.69, 9.17) is 11.6 Å². The molecule has 2 rings (SSSR count). The Morgan fingerprint density at radius 1 is 1.29 bits per heavy atom. The number of alkyl halides is 3. The highest BCUT2D eigenvalue weighted by Crippen LogP contribution is 2.33. The Morgan fingerprint density at radius 2 is 2.06 bits per heavy atom. The number of thiophene rings is 1. The van der Waals surface area contributed by atoms with Crippen molar-refractivity contribution < 1.29 is 13.2 Å². The van der Waals surface area contributed by atoms with Gasteiger partial charge in [0.1, 0.15) is 10.2 Å². The van der Waals surface area contributed by atoms with Gasteiger partial charge in [-0.25, -0.2) is 9.97 Å².